The minimum absolute atomic E-state index is 0.100. The summed E-state index contributed by atoms with van der Waals surface area (Å²) in [5.41, 5.74) is 0.678. The summed E-state index contributed by atoms with van der Waals surface area (Å²) in [6.07, 6.45) is 3.76. The van der Waals surface area contributed by atoms with Gasteiger partial charge in [0.25, 0.3) is 0 Å². The molecule has 1 aromatic carbocycles. The van der Waals surface area contributed by atoms with Crippen LogP contribution in [-0.2, 0) is 15.9 Å². The third kappa shape index (κ3) is 3.47. The Morgan fingerprint density at radius 2 is 1.52 bits per heavy atom. The number of benzene rings is 1. The molecule has 0 aromatic heterocycles. The van der Waals surface area contributed by atoms with Gasteiger partial charge < -0.3 is 14.6 Å². The second-order valence-corrected chi connectivity index (χ2v) is 7.54. The molecule has 1 heterocycles. The van der Waals surface area contributed by atoms with Gasteiger partial charge in [-0.2, -0.15) is 0 Å². The maximum Gasteiger partial charge on any atom is 0.168 e. The molecule has 1 spiro atoms. The number of rotatable bonds is 2. The lowest BCUT2D eigenvalue weighted by Crippen LogP contribution is -2.52. The smallest absolute Gasteiger partial charge is 0.168 e. The third-order valence-corrected chi connectivity index (χ3v) is 4.77. The first-order valence-electron chi connectivity index (χ1n) is 7.95. The lowest BCUT2D eigenvalue weighted by molar-refractivity contribution is -0.319. The van der Waals surface area contributed by atoms with Crippen LogP contribution in [0, 0.1) is 5.41 Å². The molecule has 0 atom stereocenters. The first-order valence-corrected chi connectivity index (χ1v) is 7.95. The van der Waals surface area contributed by atoms with Crippen molar-refractivity contribution in [2.24, 2.45) is 5.41 Å². The van der Waals surface area contributed by atoms with Gasteiger partial charge in [0.1, 0.15) is 0 Å². The minimum atomic E-state index is -0.619. The van der Waals surface area contributed by atoms with Crippen LogP contribution in [0.3, 0.4) is 0 Å². The third-order valence-electron chi connectivity index (χ3n) is 4.77. The van der Waals surface area contributed by atoms with Crippen molar-refractivity contribution in [1.82, 2.24) is 0 Å². The van der Waals surface area contributed by atoms with Gasteiger partial charge in [-0.05, 0) is 18.4 Å². The quantitative estimate of drug-likeness (QED) is 0.908. The van der Waals surface area contributed by atoms with E-state index in [1.54, 1.807) is 0 Å². The van der Waals surface area contributed by atoms with Crippen molar-refractivity contribution in [2.45, 2.75) is 57.3 Å². The van der Waals surface area contributed by atoms with Crippen LogP contribution >= 0.6 is 0 Å². The SMILES string of the molecule is CC1(C)COC2(CCC(O)(Cc3ccccc3)CC2)OC1. The Morgan fingerprint density at radius 1 is 0.952 bits per heavy atom. The Kier molecular flexibility index (Phi) is 3.85. The molecule has 21 heavy (non-hydrogen) atoms. The van der Waals surface area contributed by atoms with E-state index in [4.69, 9.17) is 9.47 Å². The average Bonchev–Trinajstić information content (AvgIpc) is 2.47. The molecule has 3 rings (SSSR count). The molecule has 1 N–H and O–H groups in total. The predicted octanol–water partition coefficient (Wildman–Crippen LogP) is 3.30. The Balaban J connectivity index is 1.60. The van der Waals surface area contributed by atoms with Crippen LogP contribution in [0.25, 0.3) is 0 Å². The molecule has 0 unspecified atom stereocenters. The largest absolute Gasteiger partial charge is 0.390 e. The number of hydrogen-bond donors (Lipinski definition) is 1. The molecule has 1 aromatic rings. The molecule has 3 heteroatoms. The maximum atomic E-state index is 10.8. The van der Waals surface area contributed by atoms with E-state index in [0.29, 0.717) is 0 Å². The van der Waals surface area contributed by atoms with E-state index in [0.717, 1.165) is 45.3 Å². The van der Waals surface area contributed by atoms with Gasteiger partial charge in [-0.3, -0.25) is 0 Å². The van der Waals surface area contributed by atoms with Crippen LogP contribution in [0.5, 0.6) is 0 Å². The van der Waals surface area contributed by atoms with E-state index in [1.165, 1.54) is 5.56 Å². The van der Waals surface area contributed by atoms with E-state index in [-0.39, 0.29) is 5.41 Å². The highest BCUT2D eigenvalue weighted by Crippen LogP contribution is 2.43. The van der Waals surface area contributed by atoms with E-state index in [1.807, 2.05) is 18.2 Å². The first-order chi connectivity index (χ1) is 9.91. The van der Waals surface area contributed by atoms with Gasteiger partial charge in [0.2, 0.25) is 0 Å². The fraction of sp³-hybridized carbons (Fsp3) is 0.667. The van der Waals surface area contributed by atoms with Crippen LogP contribution < -0.4 is 0 Å². The van der Waals surface area contributed by atoms with Crippen LogP contribution in [0.1, 0.15) is 45.1 Å². The highest BCUT2D eigenvalue weighted by Gasteiger charge is 2.47. The molecule has 2 aliphatic rings. The van der Waals surface area contributed by atoms with Gasteiger partial charge in [0.05, 0.1) is 18.8 Å². The van der Waals surface area contributed by atoms with E-state index in [2.05, 4.69) is 26.0 Å². The highest BCUT2D eigenvalue weighted by molar-refractivity contribution is 5.17. The molecule has 1 saturated heterocycles. The lowest BCUT2D eigenvalue weighted by Gasteiger charge is -2.48. The summed E-state index contributed by atoms with van der Waals surface area (Å²) in [4.78, 5) is 0. The molecular formula is C18H26O3. The fourth-order valence-electron chi connectivity index (χ4n) is 3.27. The zero-order valence-electron chi connectivity index (χ0n) is 13.1. The molecule has 3 nitrogen and oxygen atoms in total. The standard InChI is InChI=1S/C18H26O3/c1-16(2)13-20-18(21-14-16)10-8-17(19,9-11-18)12-15-6-4-3-5-7-15/h3-7,19H,8-14H2,1-2H3. The molecule has 1 saturated carbocycles. The first kappa shape index (κ1) is 15.0. The summed E-state index contributed by atoms with van der Waals surface area (Å²) < 4.78 is 12.1. The van der Waals surface area contributed by atoms with Crippen molar-refractivity contribution in [2.75, 3.05) is 13.2 Å². The summed E-state index contributed by atoms with van der Waals surface area (Å²) in [5.74, 6) is -0.446. The van der Waals surface area contributed by atoms with E-state index in [9.17, 15) is 5.11 Å². The summed E-state index contributed by atoms with van der Waals surface area (Å²) >= 11 is 0. The van der Waals surface area contributed by atoms with Gasteiger partial charge in [-0.1, -0.05) is 44.2 Å². The van der Waals surface area contributed by atoms with Crippen LogP contribution in [0.4, 0.5) is 0 Å². The summed E-state index contributed by atoms with van der Waals surface area (Å²) in [5, 5.41) is 10.8. The molecular weight excluding hydrogens is 264 g/mol. The van der Waals surface area contributed by atoms with Gasteiger partial charge in [-0.25, -0.2) is 0 Å². The summed E-state index contributed by atoms with van der Waals surface area (Å²) in [6, 6.07) is 10.2. The Bertz CT molecular complexity index is 460. The lowest BCUT2D eigenvalue weighted by atomic mass is 9.77. The minimum Gasteiger partial charge on any atom is -0.390 e. The second-order valence-electron chi connectivity index (χ2n) is 7.54. The predicted molar refractivity (Wildman–Crippen MR) is 82.0 cm³/mol. The van der Waals surface area contributed by atoms with Crippen LogP contribution in [0.2, 0.25) is 0 Å². The van der Waals surface area contributed by atoms with Crippen molar-refractivity contribution in [3.63, 3.8) is 0 Å². The van der Waals surface area contributed by atoms with Gasteiger partial charge in [-0.15, -0.1) is 0 Å². The molecule has 2 fully saturated rings. The highest BCUT2D eigenvalue weighted by atomic mass is 16.7. The van der Waals surface area contributed by atoms with Gasteiger partial charge in [0, 0.05) is 24.7 Å². The molecule has 0 bridgehead atoms. The number of hydrogen-bond acceptors (Lipinski definition) is 3. The number of aliphatic hydroxyl groups is 1. The molecule has 1 aliphatic carbocycles. The van der Waals surface area contributed by atoms with Crippen molar-refractivity contribution < 1.29 is 14.6 Å². The topological polar surface area (TPSA) is 38.7 Å². The van der Waals surface area contributed by atoms with Crippen molar-refractivity contribution in [3.8, 4) is 0 Å². The fourth-order valence-corrected chi connectivity index (χ4v) is 3.27. The van der Waals surface area contributed by atoms with E-state index < -0.39 is 11.4 Å². The molecule has 0 radical (unpaired) electrons. The maximum absolute atomic E-state index is 10.8. The van der Waals surface area contributed by atoms with E-state index >= 15 is 0 Å². The van der Waals surface area contributed by atoms with Crippen molar-refractivity contribution in [3.05, 3.63) is 35.9 Å². The zero-order chi connectivity index (χ0) is 15.0. The van der Waals surface area contributed by atoms with Gasteiger partial charge in [0.15, 0.2) is 5.79 Å². The average molecular weight is 290 g/mol. The van der Waals surface area contributed by atoms with Crippen molar-refractivity contribution in [1.29, 1.82) is 0 Å². The van der Waals surface area contributed by atoms with Crippen LogP contribution in [0.15, 0.2) is 30.3 Å². The second kappa shape index (κ2) is 5.38. The van der Waals surface area contributed by atoms with Gasteiger partial charge >= 0.3 is 0 Å². The normalized spacial score (nSPS) is 26.6. The summed E-state index contributed by atoms with van der Waals surface area (Å²) in [6.45, 7) is 5.80. The Morgan fingerprint density at radius 3 is 2.10 bits per heavy atom. The molecule has 0 amide bonds. The van der Waals surface area contributed by atoms with Crippen LogP contribution in [-0.4, -0.2) is 29.7 Å². The monoisotopic (exact) mass is 290 g/mol. The zero-order valence-corrected chi connectivity index (χ0v) is 13.1. The Labute approximate surface area is 127 Å². The molecule has 1 aliphatic heterocycles. The number of ether oxygens (including phenoxy) is 2. The summed E-state index contributed by atoms with van der Waals surface area (Å²) in [7, 11) is 0. The Hall–Kier alpha value is -0.900. The molecule has 116 valence electrons. The van der Waals surface area contributed by atoms with Crippen molar-refractivity contribution >= 4 is 0 Å².